The molecule has 1 spiro atoms. The second kappa shape index (κ2) is 13.6. The van der Waals surface area contributed by atoms with Crippen LogP contribution in [0, 0.1) is 11.8 Å². The third-order valence-electron chi connectivity index (χ3n) is 9.22. The summed E-state index contributed by atoms with van der Waals surface area (Å²) in [6.45, 7) is 15.0. The van der Waals surface area contributed by atoms with Gasteiger partial charge in [-0.15, -0.1) is 13.2 Å². The van der Waals surface area contributed by atoms with Crippen LogP contribution in [0.4, 0.5) is 0 Å². The first-order valence-corrected chi connectivity index (χ1v) is 15.6. The number of aliphatic hydroxyl groups is 1. The van der Waals surface area contributed by atoms with Crippen molar-refractivity contribution in [3.63, 3.8) is 0 Å². The van der Waals surface area contributed by atoms with Gasteiger partial charge in [0.05, 0.1) is 36.6 Å². The van der Waals surface area contributed by atoms with Crippen molar-refractivity contribution in [1.82, 2.24) is 15.1 Å². The van der Waals surface area contributed by atoms with Crippen molar-refractivity contribution >= 4 is 23.7 Å². The second-order valence-corrected chi connectivity index (χ2v) is 12.9. The number of nitrogens with one attached hydrogen (secondary N) is 1. The van der Waals surface area contributed by atoms with E-state index >= 15 is 0 Å². The maximum Gasteiger partial charge on any atom is 0.306 e. The molecule has 0 aromatic heterocycles. The van der Waals surface area contributed by atoms with Gasteiger partial charge in [0, 0.05) is 18.5 Å². The Morgan fingerprint density at radius 3 is 2.52 bits per heavy atom. The van der Waals surface area contributed by atoms with E-state index in [1.807, 2.05) is 58.0 Å². The van der Waals surface area contributed by atoms with Gasteiger partial charge >= 0.3 is 5.97 Å². The number of ether oxygens (including phenoxy) is 2. The summed E-state index contributed by atoms with van der Waals surface area (Å²) in [7, 11) is 0. The van der Waals surface area contributed by atoms with Crippen molar-refractivity contribution < 1.29 is 33.8 Å². The van der Waals surface area contributed by atoms with E-state index in [1.165, 1.54) is 4.90 Å². The van der Waals surface area contributed by atoms with Gasteiger partial charge in [0.2, 0.25) is 17.7 Å². The van der Waals surface area contributed by atoms with Crippen LogP contribution in [0.1, 0.15) is 71.4 Å². The van der Waals surface area contributed by atoms with Crippen molar-refractivity contribution in [2.75, 3.05) is 19.8 Å². The SMILES string of the molecule is C=CCCC(=O)OC[C@H](NC(=O)[C@@H]1[C@@H]2CC[C@]3(O2)[C@H](C(=O)N(CC=C)C(C)(C)C)N([C@@H](CC)CO)C(=O)[C@@H]13)c1ccccc1. The van der Waals surface area contributed by atoms with E-state index in [2.05, 4.69) is 18.5 Å². The molecule has 3 aliphatic rings. The summed E-state index contributed by atoms with van der Waals surface area (Å²) in [4.78, 5) is 58.4. The summed E-state index contributed by atoms with van der Waals surface area (Å²) >= 11 is 0. The molecule has 1 aromatic rings. The van der Waals surface area contributed by atoms with E-state index in [9.17, 15) is 24.3 Å². The lowest BCUT2D eigenvalue weighted by Gasteiger charge is -2.43. The van der Waals surface area contributed by atoms with Crippen molar-refractivity contribution in [1.29, 1.82) is 0 Å². The number of amides is 3. The molecular formula is C34H47N3O7. The van der Waals surface area contributed by atoms with E-state index in [0.29, 0.717) is 25.7 Å². The monoisotopic (exact) mass is 609 g/mol. The second-order valence-electron chi connectivity index (χ2n) is 12.9. The number of rotatable bonds is 14. The molecule has 240 valence electrons. The topological polar surface area (TPSA) is 125 Å². The van der Waals surface area contributed by atoms with Crippen LogP contribution < -0.4 is 5.32 Å². The van der Waals surface area contributed by atoms with Crippen LogP contribution in [0.5, 0.6) is 0 Å². The van der Waals surface area contributed by atoms with Crippen LogP contribution in [0.25, 0.3) is 0 Å². The predicted molar refractivity (Wildman–Crippen MR) is 165 cm³/mol. The average Bonchev–Trinajstić information content (AvgIpc) is 3.64. The molecule has 7 atom stereocenters. The summed E-state index contributed by atoms with van der Waals surface area (Å²) in [6, 6.07) is 6.95. The molecule has 3 saturated heterocycles. The molecule has 44 heavy (non-hydrogen) atoms. The molecule has 4 rings (SSSR count). The Morgan fingerprint density at radius 2 is 1.93 bits per heavy atom. The molecule has 0 radical (unpaired) electrons. The zero-order chi connectivity index (χ0) is 32.2. The van der Waals surface area contributed by atoms with Crippen molar-refractivity contribution in [3.05, 3.63) is 61.2 Å². The van der Waals surface area contributed by atoms with Crippen molar-refractivity contribution in [3.8, 4) is 0 Å². The molecule has 3 heterocycles. The highest BCUT2D eigenvalue weighted by Crippen LogP contribution is 2.59. The van der Waals surface area contributed by atoms with Gasteiger partial charge in [0.15, 0.2) is 0 Å². The summed E-state index contributed by atoms with van der Waals surface area (Å²) in [6.07, 6.45) is 4.80. The Kier molecular flexibility index (Phi) is 10.4. The number of likely N-dealkylation sites (tertiary alicyclic amines) is 1. The van der Waals surface area contributed by atoms with E-state index in [-0.39, 0.29) is 38.0 Å². The van der Waals surface area contributed by atoms with Crippen LogP contribution in [0.2, 0.25) is 0 Å². The van der Waals surface area contributed by atoms with Gasteiger partial charge in [-0.05, 0) is 52.0 Å². The number of carbonyl (C=O) groups excluding carboxylic acids is 4. The number of hydrogen-bond acceptors (Lipinski definition) is 7. The fourth-order valence-corrected chi connectivity index (χ4v) is 7.09. The van der Waals surface area contributed by atoms with Gasteiger partial charge < -0.3 is 29.7 Å². The van der Waals surface area contributed by atoms with Gasteiger partial charge in [-0.2, -0.15) is 0 Å². The van der Waals surface area contributed by atoms with E-state index < -0.39 is 59.1 Å². The van der Waals surface area contributed by atoms with E-state index in [4.69, 9.17) is 9.47 Å². The summed E-state index contributed by atoms with van der Waals surface area (Å²) < 4.78 is 12.1. The predicted octanol–water partition coefficient (Wildman–Crippen LogP) is 3.31. The Balaban J connectivity index is 1.67. The summed E-state index contributed by atoms with van der Waals surface area (Å²) in [5, 5.41) is 13.4. The fraction of sp³-hybridized carbons (Fsp3) is 0.588. The molecule has 10 nitrogen and oxygen atoms in total. The standard InChI is InChI=1S/C34H47N3O7/c1-7-10-16-26(39)43-21-24(22-14-12-11-13-15-22)35-30(40)27-25-17-18-34(44-25)28(27)31(41)37(23(9-3)20-38)29(34)32(42)36(19-8-2)33(4,5)6/h7-8,11-15,23-25,27-29,38H,1-2,9-10,16-21H2,3-6H3,(H,35,40)/t23-,24-,25-,27+,28+,29-,34+/m0/s1. The highest BCUT2D eigenvalue weighted by atomic mass is 16.5. The minimum atomic E-state index is -1.20. The zero-order valence-electron chi connectivity index (χ0n) is 26.4. The lowest BCUT2D eigenvalue weighted by Crippen LogP contribution is -2.61. The maximum atomic E-state index is 14.4. The minimum Gasteiger partial charge on any atom is -0.463 e. The zero-order valence-corrected chi connectivity index (χ0v) is 26.4. The number of aliphatic hydroxyl groups excluding tert-OH is 1. The normalized spacial score (nSPS) is 26.9. The highest BCUT2D eigenvalue weighted by molar-refractivity contribution is 5.99. The molecule has 0 aliphatic carbocycles. The number of nitrogens with zero attached hydrogens (tertiary/aromatic N) is 2. The lowest BCUT2D eigenvalue weighted by molar-refractivity contribution is -0.154. The number of esters is 1. The third-order valence-corrected chi connectivity index (χ3v) is 9.22. The first kappa shape index (κ1) is 33.4. The molecule has 2 N–H and O–H groups in total. The highest BCUT2D eigenvalue weighted by Gasteiger charge is 2.75. The Labute approximate surface area is 260 Å². The average molecular weight is 610 g/mol. The molecule has 0 unspecified atom stereocenters. The Bertz CT molecular complexity index is 1240. The lowest BCUT2D eigenvalue weighted by atomic mass is 9.70. The molecule has 3 fully saturated rings. The molecular weight excluding hydrogens is 562 g/mol. The largest absolute Gasteiger partial charge is 0.463 e. The fourth-order valence-electron chi connectivity index (χ4n) is 7.09. The first-order chi connectivity index (χ1) is 20.9. The van der Waals surface area contributed by atoms with Crippen molar-refractivity contribution in [2.45, 2.75) is 95.2 Å². The molecule has 3 aliphatic heterocycles. The molecule has 10 heteroatoms. The number of hydrogen-bond donors (Lipinski definition) is 2. The quantitative estimate of drug-likeness (QED) is 0.245. The summed E-state index contributed by atoms with van der Waals surface area (Å²) in [5.41, 5.74) is -1.03. The Morgan fingerprint density at radius 1 is 1.23 bits per heavy atom. The number of carbonyl (C=O) groups is 4. The third kappa shape index (κ3) is 6.19. The number of fused-ring (bicyclic) bond motifs is 1. The van der Waals surface area contributed by atoms with Crippen LogP contribution >= 0.6 is 0 Å². The van der Waals surface area contributed by atoms with Gasteiger partial charge in [-0.1, -0.05) is 49.4 Å². The minimum absolute atomic E-state index is 0.0779. The van der Waals surface area contributed by atoms with E-state index in [1.54, 1.807) is 17.1 Å². The van der Waals surface area contributed by atoms with Crippen LogP contribution in [0.3, 0.4) is 0 Å². The first-order valence-electron chi connectivity index (χ1n) is 15.6. The van der Waals surface area contributed by atoms with E-state index in [0.717, 1.165) is 5.56 Å². The maximum absolute atomic E-state index is 14.4. The van der Waals surface area contributed by atoms with Crippen LogP contribution in [-0.4, -0.2) is 87.7 Å². The van der Waals surface area contributed by atoms with Gasteiger partial charge in [0.1, 0.15) is 18.2 Å². The van der Waals surface area contributed by atoms with Gasteiger partial charge in [0.25, 0.3) is 0 Å². The van der Waals surface area contributed by atoms with Crippen molar-refractivity contribution in [2.24, 2.45) is 11.8 Å². The molecule has 0 saturated carbocycles. The van der Waals surface area contributed by atoms with Crippen LogP contribution in [0.15, 0.2) is 55.6 Å². The smallest absolute Gasteiger partial charge is 0.306 e. The number of benzene rings is 1. The Hall–Kier alpha value is -3.50. The van der Waals surface area contributed by atoms with Gasteiger partial charge in [-0.25, -0.2) is 0 Å². The molecule has 2 bridgehead atoms. The van der Waals surface area contributed by atoms with Crippen LogP contribution in [-0.2, 0) is 28.7 Å². The number of allylic oxidation sites excluding steroid dienone is 1. The van der Waals surface area contributed by atoms with Gasteiger partial charge in [-0.3, -0.25) is 19.2 Å². The summed E-state index contributed by atoms with van der Waals surface area (Å²) in [5.74, 6) is -3.18. The molecule has 3 amide bonds. The molecule has 1 aromatic carbocycles.